The molecule has 0 aromatic heterocycles. The van der Waals surface area contributed by atoms with E-state index in [0.717, 1.165) is 16.9 Å². The summed E-state index contributed by atoms with van der Waals surface area (Å²) in [5, 5.41) is 3.70. The maximum Gasteiger partial charge on any atom is 0.0189 e. The molecule has 1 aliphatic carbocycles. The highest BCUT2D eigenvalue weighted by Gasteiger charge is 2.22. The maximum absolute atomic E-state index is 3.70. The molecule has 1 aromatic carbocycles. The number of benzene rings is 1. The minimum Gasteiger partial charge on any atom is -0.313 e. The topological polar surface area (TPSA) is 12.0 Å². The molecule has 0 saturated heterocycles. The maximum atomic E-state index is 3.70. The SMILES string of the molecule is CCNC(CSc1ccc(Br)cc1)C1CCCCC1. The van der Waals surface area contributed by atoms with E-state index in [2.05, 4.69) is 52.4 Å². The number of rotatable bonds is 6. The van der Waals surface area contributed by atoms with Crippen LogP contribution in [0.25, 0.3) is 0 Å². The molecule has 1 aromatic rings. The molecule has 1 N–H and O–H groups in total. The number of hydrogen-bond acceptors (Lipinski definition) is 2. The van der Waals surface area contributed by atoms with Gasteiger partial charge in [0, 0.05) is 21.2 Å². The summed E-state index contributed by atoms with van der Waals surface area (Å²) in [6.45, 7) is 3.31. The van der Waals surface area contributed by atoms with Crippen molar-refractivity contribution in [2.75, 3.05) is 12.3 Å². The van der Waals surface area contributed by atoms with Crippen molar-refractivity contribution < 1.29 is 0 Å². The lowest BCUT2D eigenvalue weighted by molar-refractivity contribution is 0.288. The molecule has 1 saturated carbocycles. The summed E-state index contributed by atoms with van der Waals surface area (Å²) in [6, 6.07) is 9.35. The van der Waals surface area contributed by atoms with Gasteiger partial charge in [0.1, 0.15) is 0 Å². The van der Waals surface area contributed by atoms with E-state index in [1.165, 1.54) is 42.8 Å². The Labute approximate surface area is 130 Å². The van der Waals surface area contributed by atoms with E-state index < -0.39 is 0 Å². The van der Waals surface area contributed by atoms with Crippen LogP contribution in [0.5, 0.6) is 0 Å². The number of halogens is 1. The second-order valence-corrected chi connectivity index (χ2v) is 7.34. The molecule has 0 radical (unpaired) electrons. The predicted octanol–water partition coefficient (Wildman–Crippen LogP) is 5.10. The molecule has 0 aliphatic heterocycles. The van der Waals surface area contributed by atoms with Gasteiger partial charge in [-0.15, -0.1) is 11.8 Å². The van der Waals surface area contributed by atoms with Gasteiger partial charge in [0.2, 0.25) is 0 Å². The van der Waals surface area contributed by atoms with Crippen molar-refractivity contribution in [1.82, 2.24) is 5.32 Å². The monoisotopic (exact) mass is 341 g/mol. The van der Waals surface area contributed by atoms with Crippen LogP contribution < -0.4 is 5.32 Å². The first-order valence-electron chi connectivity index (χ1n) is 7.41. The first-order chi connectivity index (χ1) is 9.29. The van der Waals surface area contributed by atoms with Gasteiger partial charge < -0.3 is 5.32 Å². The van der Waals surface area contributed by atoms with Crippen molar-refractivity contribution in [1.29, 1.82) is 0 Å². The second-order valence-electron chi connectivity index (χ2n) is 5.33. The van der Waals surface area contributed by atoms with Crippen LogP contribution in [0.15, 0.2) is 33.6 Å². The van der Waals surface area contributed by atoms with Gasteiger partial charge in [0.25, 0.3) is 0 Å². The third kappa shape index (κ3) is 5.13. The molecule has 0 bridgehead atoms. The average Bonchev–Trinajstić information content (AvgIpc) is 2.46. The normalized spacial score (nSPS) is 18.4. The van der Waals surface area contributed by atoms with E-state index in [1.807, 2.05) is 11.8 Å². The smallest absolute Gasteiger partial charge is 0.0189 e. The van der Waals surface area contributed by atoms with E-state index in [-0.39, 0.29) is 0 Å². The lowest BCUT2D eigenvalue weighted by Gasteiger charge is -2.30. The summed E-state index contributed by atoms with van der Waals surface area (Å²) in [6.07, 6.45) is 7.12. The molecule has 1 fully saturated rings. The number of thioether (sulfide) groups is 1. The summed E-state index contributed by atoms with van der Waals surface area (Å²) in [4.78, 5) is 1.38. The summed E-state index contributed by atoms with van der Waals surface area (Å²) >= 11 is 5.48. The van der Waals surface area contributed by atoms with Crippen molar-refractivity contribution >= 4 is 27.7 Å². The molecule has 0 heterocycles. The summed E-state index contributed by atoms with van der Waals surface area (Å²) in [5.74, 6) is 2.08. The standard InChI is InChI=1S/C16H24BrNS/c1-2-18-16(13-6-4-3-5-7-13)12-19-15-10-8-14(17)9-11-15/h8-11,13,16,18H,2-7,12H2,1H3. The predicted molar refractivity (Wildman–Crippen MR) is 88.9 cm³/mol. The highest BCUT2D eigenvalue weighted by molar-refractivity contribution is 9.10. The van der Waals surface area contributed by atoms with Crippen LogP contribution in [0, 0.1) is 5.92 Å². The minimum atomic E-state index is 0.680. The molecule has 1 nitrogen and oxygen atoms in total. The highest BCUT2D eigenvalue weighted by Crippen LogP contribution is 2.30. The van der Waals surface area contributed by atoms with Gasteiger partial charge >= 0.3 is 0 Å². The zero-order valence-electron chi connectivity index (χ0n) is 11.7. The molecular weight excluding hydrogens is 318 g/mol. The summed E-state index contributed by atoms with van der Waals surface area (Å²) in [5.41, 5.74) is 0. The third-order valence-electron chi connectivity index (χ3n) is 3.93. The molecule has 1 unspecified atom stereocenters. The van der Waals surface area contributed by atoms with Crippen LogP contribution >= 0.6 is 27.7 Å². The van der Waals surface area contributed by atoms with Gasteiger partial charge in [-0.3, -0.25) is 0 Å². The first kappa shape index (κ1) is 15.4. The molecule has 0 amide bonds. The van der Waals surface area contributed by atoms with Crippen molar-refractivity contribution in [2.45, 2.75) is 50.0 Å². The molecule has 0 spiro atoms. The largest absolute Gasteiger partial charge is 0.313 e. The lowest BCUT2D eigenvalue weighted by atomic mass is 9.84. The van der Waals surface area contributed by atoms with Gasteiger partial charge in [-0.05, 0) is 49.6 Å². The van der Waals surface area contributed by atoms with E-state index in [4.69, 9.17) is 0 Å². The Hall–Kier alpha value is 0.01000. The molecule has 106 valence electrons. The zero-order chi connectivity index (χ0) is 13.5. The van der Waals surface area contributed by atoms with Gasteiger partial charge in [-0.25, -0.2) is 0 Å². The lowest BCUT2D eigenvalue weighted by Crippen LogP contribution is -2.39. The van der Waals surface area contributed by atoms with Gasteiger partial charge in [0.15, 0.2) is 0 Å². The molecule has 3 heteroatoms. The molecule has 19 heavy (non-hydrogen) atoms. The van der Waals surface area contributed by atoms with Crippen LogP contribution in [0.3, 0.4) is 0 Å². The Morgan fingerprint density at radius 3 is 2.53 bits per heavy atom. The Bertz CT molecular complexity index is 360. The van der Waals surface area contributed by atoms with Crippen molar-refractivity contribution in [2.24, 2.45) is 5.92 Å². The van der Waals surface area contributed by atoms with E-state index in [9.17, 15) is 0 Å². The van der Waals surface area contributed by atoms with Crippen LogP contribution in [-0.2, 0) is 0 Å². The van der Waals surface area contributed by atoms with Crippen molar-refractivity contribution in [3.8, 4) is 0 Å². The van der Waals surface area contributed by atoms with Crippen LogP contribution in [0.2, 0.25) is 0 Å². The molecular formula is C16H24BrNS. The Morgan fingerprint density at radius 1 is 1.21 bits per heavy atom. The number of nitrogens with one attached hydrogen (secondary N) is 1. The summed E-state index contributed by atoms with van der Waals surface area (Å²) < 4.78 is 1.16. The number of hydrogen-bond donors (Lipinski definition) is 1. The van der Waals surface area contributed by atoms with Gasteiger partial charge in [0.05, 0.1) is 0 Å². The van der Waals surface area contributed by atoms with Gasteiger partial charge in [-0.1, -0.05) is 42.1 Å². The Morgan fingerprint density at radius 2 is 1.89 bits per heavy atom. The Balaban J connectivity index is 1.87. The third-order valence-corrected chi connectivity index (χ3v) is 5.59. The Kier molecular flexibility index (Phi) is 6.75. The van der Waals surface area contributed by atoms with Gasteiger partial charge in [-0.2, -0.15) is 0 Å². The van der Waals surface area contributed by atoms with Crippen LogP contribution in [-0.4, -0.2) is 18.3 Å². The molecule has 1 atom stereocenters. The van der Waals surface area contributed by atoms with E-state index >= 15 is 0 Å². The first-order valence-corrected chi connectivity index (χ1v) is 9.19. The fourth-order valence-corrected chi connectivity index (χ4v) is 4.23. The minimum absolute atomic E-state index is 0.680. The molecule has 2 rings (SSSR count). The average molecular weight is 342 g/mol. The van der Waals surface area contributed by atoms with Crippen molar-refractivity contribution in [3.63, 3.8) is 0 Å². The highest BCUT2D eigenvalue weighted by atomic mass is 79.9. The fourth-order valence-electron chi connectivity index (χ4n) is 2.88. The zero-order valence-corrected chi connectivity index (χ0v) is 14.1. The second kappa shape index (κ2) is 8.33. The van der Waals surface area contributed by atoms with E-state index in [1.54, 1.807) is 0 Å². The quantitative estimate of drug-likeness (QED) is 0.722. The van der Waals surface area contributed by atoms with E-state index in [0.29, 0.717) is 6.04 Å². The summed E-state index contributed by atoms with van der Waals surface area (Å²) in [7, 11) is 0. The van der Waals surface area contributed by atoms with Crippen LogP contribution in [0.1, 0.15) is 39.0 Å². The molecule has 1 aliphatic rings. The fraction of sp³-hybridized carbons (Fsp3) is 0.625. The van der Waals surface area contributed by atoms with Crippen molar-refractivity contribution in [3.05, 3.63) is 28.7 Å². The van der Waals surface area contributed by atoms with Crippen LogP contribution in [0.4, 0.5) is 0 Å².